The van der Waals surface area contributed by atoms with Crippen LogP contribution in [-0.2, 0) is 23.8 Å². The van der Waals surface area contributed by atoms with Gasteiger partial charge in [-0.05, 0) is 6.92 Å². The van der Waals surface area contributed by atoms with Crippen molar-refractivity contribution < 1.29 is 23.8 Å². The third-order valence-corrected chi connectivity index (χ3v) is 3.14. The van der Waals surface area contributed by atoms with Crippen LogP contribution in [0.2, 0.25) is 0 Å². The lowest BCUT2D eigenvalue weighted by molar-refractivity contribution is -0.202. The van der Waals surface area contributed by atoms with E-state index in [0.29, 0.717) is 12.0 Å². The van der Waals surface area contributed by atoms with E-state index in [0.717, 1.165) is 6.29 Å². The summed E-state index contributed by atoms with van der Waals surface area (Å²) in [5.74, 6) is -0.914. The lowest BCUT2D eigenvalue weighted by atomic mass is 9.78. The van der Waals surface area contributed by atoms with Crippen LogP contribution in [0, 0.1) is 11.8 Å². The Morgan fingerprint density at radius 2 is 2.38 bits per heavy atom. The van der Waals surface area contributed by atoms with Gasteiger partial charge in [-0.2, -0.15) is 0 Å². The van der Waals surface area contributed by atoms with Crippen molar-refractivity contribution in [1.29, 1.82) is 0 Å². The van der Waals surface area contributed by atoms with Crippen molar-refractivity contribution in [2.75, 3.05) is 7.11 Å². The van der Waals surface area contributed by atoms with E-state index in [9.17, 15) is 9.59 Å². The summed E-state index contributed by atoms with van der Waals surface area (Å²) in [5.41, 5.74) is 0.422. The zero-order valence-corrected chi connectivity index (χ0v) is 9.21. The molecule has 0 spiro atoms. The summed E-state index contributed by atoms with van der Waals surface area (Å²) < 4.78 is 15.4. The molecule has 4 atom stereocenters. The smallest absolute Gasteiger partial charge is 0.337 e. The summed E-state index contributed by atoms with van der Waals surface area (Å²) in [6.07, 6.45) is 2.12. The highest BCUT2D eigenvalue weighted by Crippen LogP contribution is 2.38. The lowest BCUT2D eigenvalue weighted by Gasteiger charge is -2.40. The number of methoxy groups -OCH3 is 1. The molecule has 0 aromatic heterocycles. The molecular formula is C11H14O5. The highest BCUT2D eigenvalue weighted by Gasteiger charge is 2.43. The van der Waals surface area contributed by atoms with Gasteiger partial charge >= 0.3 is 5.97 Å². The van der Waals surface area contributed by atoms with Crippen LogP contribution in [0.25, 0.3) is 0 Å². The Morgan fingerprint density at radius 1 is 1.62 bits per heavy atom. The topological polar surface area (TPSA) is 61.8 Å². The van der Waals surface area contributed by atoms with Gasteiger partial charge in [-0.25, -0.2) is 4.79 Å². The largest absolute Gasteiger partial charge is 0.472 e. The molecule has 88 valence electrons. The average Bonchev–Trinajstić information content (AvgIpc) is 2.28. The van der Waals surface area contributed by atoms with Gasteiger partial charge in [-0.15, -0.1) is 0 Å². The van der Waals surface area contributed by atoms with E-state index < -0.39 is 5.97 Å². The summed E-state index contributed by atoms with van der Waals surface area (Å²) in [7, 11) is 1.31. The fraction of sp³-hybridized carbons (Fsp3) is 0.636. The first-order valence-electron chi connectivity index (χ1n) is 5.22. The molecule has 16 heavy (non-hydrogen) atoms. The number of fused-ring (bicyclic) bond motifs is 2. The summed E-state index contributed by atoms with van der Waals surface area (Å²) in [6, 6.07) is 0. The number of hydrogen-bond acceptors (Lipinski definition) is 5. The highest BCUT2D eigenvalue weighted by molar-refractivity contribution is 5.89. The fourth-order valence-corrected chi connectivity index (χ4v) is 2.26. The Hall–Kier alpha value is -1.36. The number of hydrogen-bond donors (Lipinski definition) is 0. The minimum absolute atomic E-state index is 0.160. The van der Waals surface area contributed by atoms with Crippen molar-refractivity contribution in [3.8, 4) is 0 Å². The number of aldehydes is 1. The Kier molecular flexibility index (Phi) is 2.96. The standard InChI is InChI=1S/C11H14O5/c1-6-8(4-12)7-3-10(16-6)15-5-9(7)11(13)14-2/h4-8,10H,3H2,1-2H3/t6-,7+,8-,10+/m1/s1. The fourth-order valence-electron chi connectivity index (χ4n) is 2.26. The number of carbonyl (C=O) groups is 2. The maximum Gasteiger partial charge on any atom is 0.337 e. The third-order valence-electron chi connectivity index (χ3n) is 3.14. The van der Waals surface area contributed by atoms with Crippen molar-refractivity contribution in [2.45, 2.75) is 25.7 Å². The first kappa shape index (κ1) is 11.1. The SMILES string of the molecule is COC(=O)C1=CO[C@@H]2C[C@H]1[C@H](C=O)[C@@H](C)O2. The molecule has 1 fully saturated rings. The van der Waals surface area contributed by atoms with E-state index in [1.807, 2.05) is 6.92 Å². The van der Waals surface area contributed by atoms with E-state index in [1.54, 1.807) is 0 Å². The van der Waals surface area contributed by atoms with Crippen LogP contribution in [-0.4, -0.2) is 31.8 Å². The van der Waals surface area contributed by atoms with Crippen LogP contribution < -0.4 is 0 Å². The number of carbonyl (C=O) groups excluding carboxylic acids is 2. The second-order valence-electron chi connectivity index (χ2n) is 4.03. The van der Waals surface area contributed by atoms with Crippen LogP contribution in [0.4, 0.5) is 0 Å². The quantitative estimate of drug-likeness (QED) is 0.510. The normalized spacial score (nSPS) is 37.0. The molecule has 1 saturated heterocycles. The molecule has 0 aromatic rings. The van der Waals surface area contributed by atoms with Gasteiger partial charge in [0.1, 0.15) is 6.29 Å². The zero-order valence-electron chi connectivity index (χ0n) is 9.21. The maximum absolute atomic E-state index is 11.5. The van der Waals surface area contributed by atoms with Crippen molar-refractivity contribution >= 4 is 12.3 Å². The van der Waals surface area contributed by atoms with E-state index in [-0.39, 0.29) is 24.2 Å². The maximum atomic E-state index is 11.5. The Labute approximate surface area is 93.4 Å². The van der Waals surface area contributed by atoms with Gasteiger partial charge in [0, 0.05) is 18.3 Å². The monoisotopic (exact) mass is 226 g/mol. The van der Waals surface area contributed by atoms with Gasteiger partial charge in [0.2, 0.25) is 0 Å². The summed E-state index contributed by atoms with van der Waals surface area (Å²) >= 11 is 0. The molecule has 0 aromatic carbocycles. The van der Waals surface area contributed by atoms with E-state index in [1.165, 1.54) is 13.4 Å². The predicted molar refractivity (Wildman–Crippen MR) is 53.2 cm³/mol. The lowest BCUT2D eigenvalue weighted by Crippen LogP contribution is -2.45. The first-order valence-corrected chi connectivity index (χ1v) is 5.22. The van der Waals surface area contributed by atoms with Crippen LogP contribution in [0.15, 0.2) is 11.8 Å². The molecule has 0 radical (unpaired) electrons. The molecule has 0 saturated carbocycles. The van der Waals surface area contributed by atoms with Gasteiger partial charge in [-0.1, -0.05) is 0 Å². The van der Waals surface area contributed by atoms with Gasteiger partial charge < -0.3 is 19.0 Å². The van der Waals surface area contributed by atoms with E-state index in [2.05, 4.69) is 4.74 Å². The Morgan fingerprint density at radius 3 is 3.00 bits per heavy atom. The molecule has 2 heterocycles. The van der Waals surface area contributed by atoms with Gasteiger partial charge in [0.05, 0.1) is 25.0 Å². The summed E-state index contributed by atoms with van der Waals surface area (Å²) in [4.78, 5) is 22.5. The van der Waals surface area contributed by atoms with Gasteiger partial charge in [0.25, 0.3) is 0 Å². The molecule has 0 unspecified atom stereocenters. The molecule has 0 aliphatic carbocycles. The Balaban J connectivity index is 2.28. The third kappa shape index (κ3) is 1.71. The number of ether oxygens (including phenoxy) is 3. The molecule has 0 N–H and O–H groups in total. The number of esters is 1. The predicted octanol–water partition coefficient (Wildman–Crippen LogP) is 0.640. The highest BCUT2D eigenvalue weighted by atomic mass is 16.7. The average molecular weight is 226 g/mol. The minimum Gasteiger partial charge on any atom is -0.472 e. The van der Waals surface area contributed by atoms with Crippen molar-refractivity contribution in [1.82, 2.24) is 0 Å². The second kappa shape index (κ2) is 4.25. The van der Waals surface area contributed by atoms with Gasteiger partial charge in [-0.3, -0.25) is 0 Å². The number of rotatable bonds is 2. The second-order valence-corrected chi connectivity index (χ2v) is 4.03. The Bertz CT molecular complexity index is 335. The van der Waals surface area contributed by atoms with Crippen molar-refractivity contribution in [3.05, 3.63) is 11.8 Å². The van der Waals surface area contributed by atoms with Crippen LogP contribution in [0.3, 0.4) is 0 Å². The summed E-state index contributed by atoms with van der Waals surface area (Å²) in [6.45, 7) is 1.81. The molecule has 5 heteroatoms. The van der Waals surface area contributed by atoms with E-state index in [4.69, 9.17) is 9.47 Å². The van der Waals surface area contributed by atoms with Gasteiger partial charge in [0.15, 0.2) is 6.29 Å². The minimum atomic E-state index is -0.440. The molecule has 2 aliphatic heterocycles. The molecule has 5 nitrogen and oxygen atoms in total. The summed E-state index contributed by atoms with van der Waals surface area (Å²) in [5, 5.41) is 0. The molecule has 2 aliphatic rings. The zero-order chi connectivity index (χ0) is 11.7. The molecule has 2 rings (SSSR count). The van der Waals surface area contributed by atoms with E-state index >= 15 is 0 Å². The van der Waals surface area contributed by atoms with Crippen LogP contribution >= 0.6 is 0 Å². The van der Waals surface area contributed by atoms with Crippen molar-refractivity contribution in [2.24, 2.45) is 11.8 Å². The van der Waals surface area contributed by atoms with Crippen LogP contribution in [0.1, 0.15) is 13.3 Å². The van der Waals surface area contributed by atoms with Crippen molar-refractivity contribution in [3.63, 3.8) is 0 Å². The molecule has 2 bridgehead atoms. The van der Waals surface area contributed by atoms with Crippen LogP contribution in [0.5, 0.6) is 0 Å². The molecular weight excluding hydrogens is 212 g/mol. The first-order chi connectivity index (χ1) is 7.67. The molecule has 0 amide bonds.